The first-order valence-electron chi connectivity index (χ1n) is 7.90. The van der Waals surface area contributed by atoms with Gasteiger partial charge in [-0.15, -0.1) is 0 Å². The molecule has 1 heterocycles. The van der Waals surface area contributed by atoms with Gasteiger partial charge >= 0.3 is 0 Å². The van der Waals surface area contributed by atoms with Crippen LogP contribution in [0.25, 0.3) is 10.4 Å². The fourth-order valence-electron chi connectivity index (χ4n) is 2.24. The quantitative estimate of drug-likeness (QED) is 0.275. The maximum absolute atomic E-state index is 10.4. The van der Waals surface area contributed by atoms with Gasteiger partial charge in [0.25, 0.3) is 0 Å². The zero-order valence-electron chi connectivity index (χ0n) is 13.3. The molecule has 1 aliphatic heterocycles. The second kappa shape index (κ2) is 10.8. The van der Waals surface area contributed by atoms with Gasteiger partial charge in [0.15, 0.2) is 6.29 Å². The normalized spacial score (nSPS) is 31.7. The molecule has 0 bridgehead atoms. The third-order valence-electron chi connectivity index (χ3n) is 3.58. The monoisotopic (exact) mass is 317 g/mol. The van der Waals surface area contributed by atoms with Crippen LogP contribution in [0.4, 0.5) is 0 Å². The van der Waals surface area contributed by atoms with Crippen molar-refractivity contribution in [1.29, 1.82) is 0 Å². The Bertz CT molecular complexity index is 351. The van der Waals surface area contributed by atoms with Crippen LogP contribution in [-0.2, 0) is 14.2 Å². The molecule has 0 aromatic carbocycles. The summed E-state index contributed by atoms with van der Waals surface area (Å²) in [4.78, 5) is 2.70. The molecule has 0 amide bonds. The third-order valence-corrected chi connectivity index (χ3v) is 3.58. The lowest BCUT2D eigenvalue weighted by atomic mass is 9.97. The molecular weight excluding hydrogens is 290 g/mol. The first kappa shape index (κ1) is 19.2. The molecule has 1 aliphatic rings. The van der Waals surface area contributed by atoms with Gasteiger partial charge in [0.2, 0.25) is 0 Å². The number of hydrogen-bond acceptors (Lipinski definition) is 6. The SMILES string of the molecule is CCCCOCC1O[C@H](O)C(N=[N+]=[N-])[C@@H](OCCCC)[C@@H]1O. The summed E-state index contributed by atoms with van der Waals surface area (Å²) >= 11 is 0. The van der Waals surface area contributed by atoms with Crippen molar-refractivity contribution in [1.82, 2.24) is 0 Å². The standard InChI is InChI=1S/C14H27N3O5/c1-3-5-7-20-9-10-12(18)13(21-8-6-4-2)11(16-17-15)14(19)22-10/h10-14,18-19H,3-9H2,1-2H3/t10?,11?,12-,13-,14+/m1/s1. The van der Waals surface area contributed by atoms with Crippen molar-refractivity contribution in [2.45, 2.75) is 70.2 Å². The Kier molecular flexibility index (Phi) is 9.38. The predicted octanol–water partition coefficient (Wildman–Crippen LogP) is 1.75. The minimum absolute atomic E-state index is 0.162. The Morgan fingerprint density at radius 2 is 1.86 bits per heavy atom. The van der Waals surface area contributed by atoms with E-state index >= 15 is 0 Å². The van der Waals surface area contributed by atoms with Gasteiger partial charge in [0.05, 0.1) is 12.7 Å². The van der Waals surface area contributed by atoms with E-state index in [4.69, 9.17) is 19.7 Å². The highest BCUT2D eigenvalue weighted by molar-refractivity contribution is 4.94. The predicted molar refractivity (Wildman–Crippen MR) is 80.2 cm³/mol. The smallest absolute Gasteiger partial charge is 0.166 e. The van der Waals surface area contributed by atoms with Gasteiger partial charge in [-0.05, 0) is 18.4 Å². The molecule has 8 nitrogen and oxygen atoms in total. The maximum atomic E-state index is 10.4. The summed E-state index contributed by atoms with van der Waals surface area (Å²) in [7, 11) is 0. The second-order valence-electron chi connectivity index (χ2n) is 5.37. The van der Waals surface area contributed by atoms with Crippen molar-refractivity contribution in [3.63, 3.8) is 0 Å². The van der Waals surface area contributed by atoms with Crippen LogP contribution in [0.1, 0.15) is 39.5 Å². The molecule has 0 aromatic heterocycles. The summed E-state index contributed by atoms with van der Waals surface area (Å²) in [6.07, 6.45) is -0.141. The van der Waals surface area contributed by atoms with E-state index in [2.05, 4.69) is 16.9 Å². The van der Waals surface area contributed by atoms with Gasteiger partial charge in [0.1, 0.15) is 18.2 Å². The number of aliphatic hydroxyl groups is 2. The molecule has 8 heteroatoms. The number of hydrogen-bond donors (Lipinski definition) is 2. The number of azide groups is 1. The Labute approximate surface area is 131 Å². The minimum Gasteiger partial charge on any atom is -0.388 e. The largest absolute Gasteiger partial charge is 0.388 e. The molecule has 0 spiro atoms. The number of aliphatic hydroxyl groups excluding tert-OH is 2. The van der Waals surface area contributed by atoms with E-state index in [0.29, 0.717) is 13.2 Å². The summed E-state index contributed by atoms with van der Waals surface area (Å²) in [6.45, 7) is 5.23. The van der Waals surface area contributed by atoms with Crippen LogP contribution in [0.3, 0.4) is 0 Å². The molecule has 1 saturated heterocycles. The first-order chi connectivity index (χ1) is 10.7. The average Bonchev–Trinajstić information content (AvgIpc) is 2.51. The van der Waals surface area contributed by atoms with E-state index in [9.17, 15) is 10.2 Å². The topological polar surface area (TPSA) is 117 Å². The molecule has 2 unspecified atom stereocenters. The molecule has 1 rings (SSSR count). The van der Waals surface area contributed by atoms with Crippen molar-refractivity contribution in [3.8, 4) is 0 Å². The molecule has 0 saturated carbocycles. The third kappa shape index (κ3) is 5.72. The van der Waals surface area contributed by atoms with Crippen molar-refractivity contribution in [2.24, 2.45) is 5.11 Å². The lowest BCUT2D eigenvalue weighted by molar-refractivity contribution is -0.259. The van der Waals surface area contributed by atoms with Crippen LogP contribution in [0, 0.1) is 0 Å². The highest BCUT2D eigenvalue weighted by atomic mass is 16.6. The van der Waals surface area contributed by atoms with Gasteiger partial charge in [0, 0.05) is 18.1 Å². The number of ether oxygens (including phenoxy) is 3. The van der Waals surface area contributed by atoms with Crippen LogP contribution in [0.15, 0.2) is 5.11 Å². The highest BCUT2D eigenvalue weighted by Crippen LogP contribution is 2.25. The summed E-state index contributed by atoms with van der Waals surface area (Å²) in [6, 6.07) is -0.969. The van der Waals surface area contributed by atoms with E-state index in [-0.39, 0.29) is 6.61 Å². The van der Waals surface area contributed by atoms with Crippen LogP contribution >= 0.6 is 0 Å². The molecule has 1 fully saturated rings. The summed E-state index contributed by atoms with van der Waals surface area (Å²) < 4.78 is 16.4. The molecular formula is C14H27N3O5. The minimum atomic E-state index is -1.31. The van der Waals surface area contributed by atoms with Crippen molar-refractivity contribution < 1.29 is 24.4 Å². The van der Waals surface area contributed by atoms with Crippen LogP contribution in [0.2, 0.25) is 0 Å². The fourth-order valence-corrected chi connectivity index (χ4v) is 2.24. The zero-order valence-corrected chi connectivity index (χ0v) is 13.3. The van der Waals surface area contributed by atoms with E-state index in [1.807, 2.05) is 6.92 Å². The van der Waals surface area contributed by atoms with E-state index in [1.165, 1.54) is 0 Å². The second-order valence-corrected chi connectivity index (χ2v) is 5.37. The average molecular weight is 317 g/mol. The lowest BCUT2D eigenvalue weighted by Gasteiger charge is -2.41. The van der Waals surface area contributed by atoms with Crippen molar-refractivity contribution in [3.05, 3.63) is 10.4 Å². The van der Waals surface area contributed by atoms with E-state index < -0.39 is 30.6 Å². The summed E-state index contributed by atoms with van der Waals surface area (Å²) in [5.74, 6) is 0. The van der Waals surface area contributed by atoms with E-state index in [1.54, 1.807) is 0 Å². The van der Waals surface area contributed by atoms with Gasteiger partial charge in [-0.1, -0.05) is 31.8 Å². The summed E-state index contributed by atoms with van der Waals surface area (Å²) in [5.41, 5.74) is 8.61. The van der Waals surface area contributed by atoms with Gasteiger partial charge in [-0.25, -0.2) is 0 Å². The molecule has 22 heavy (non-hydrogen) atoms. The first-order valence-corrected chi connectivity index (χ1v) is 7.90. The number of nitrogens with zero attached hydrogens (tertiary/aromatic N) is 3. The molecule has 0 aliphatic carbocycles. The molecule has 0 aromatic rings. The van der Waals surface area contributed by atoms with E-state index in [0.717, 1.165) is 25.7 Å². The molecule has 0 radical (unpaired) electrons. The zero-order chi connectivity index (χ0) is 16.4. The highest BCUT2D eigenvalue weighted by Gasteiger charge is 2.45. The fraction of sp³-hybridized carbons (Fsp3) is 1.00. The number of unbranched alkanes of at least 4 members (excludes halogenated alkanes) is 2. The number of rotatable bonds is 10. The van der Waals surface area contributed by atoms with Crippen molar-refractivity contribution in [2.75, 3.05) is 19.8 Å². The lowest BCUT2D eigenvalue weighted by Crippen LogP contribution is -2.59. The van der Waals surface area contributed by atoms with Gasteiger partial charge in [-0.3, -0.25) is 0 Å². The van der Waals surface area contributed by atoms with Crippen LogP contribution in [0.5, 0.6) is 0 Å². The van der Waals surface area contributed by atoms with Gasteiger partial charge < -0.3 is 24.4 Å². The molecule has 128 valence electrons. The van der Waals surface area contributed by atoms with Crippen molar-refractivity contribution >= 4 is 0 Å². The Balaban J connectivity index is 2.65. The maximum Gasteiger partial charge on any atom is 0.166 e. The Morgan fingerprint density at radius 3 is 2.50 bits per heavy atom. The van der Waals surface area contributed by atoms with Gasteiger partial charge in [-0.2, -0.15) is 0 Å². The summed E-state index contributed by atoms with van der Waals surface area (Å²) in [5, 5.41) is 23.9. The molecule has 2 N–H and O–H groups in total. The Hall–Kier alpha value is -0.890. The Morgan fingerprint density at radius 1 is 1.18 bits per heavy atom. The molecule has 5 atom stereocenters. The van der Waals surface area contributed by atoms with Crippen LogP contribution < -0.4 is 0 Å². The van der Waals surface area contributed by atoms with Crippen LogP contribution in [-0.4, -0.2) is 60.7 Å².